The Kier molecular flexibility index (Phi) is 6.89. The maximum absolute atomic E-state index is 13.5. The third-order valence-corrected chi connectivity index (χ3v) is 12.7. The molecule has 2 N–H and O–H groups in total. The smallest absolute Gasteiger partial charge is 0.184 e. The molecule has 4 fully saturated rings. The predicted molar refractivity (Wildman–Crippen MR) is 144 cm³/mol. The molecule has 0 amide bonds. The molecule has 1 aromatic rings. The van der Waals surface area contributed by atoms with E-state index in [0.717, 1.165) is 56.1 Å². The number of hydrogen-bond acceptors (Lipinski definition) is 4. The van der Waals surface area contributed by atoms with Crippen molar-refractivity contribution in [3.8, 4) is 0 Å². The molecule has 4 aliphatic rings. The first kappa shape index (κ1) is 25.9. The lowest BCUT2D eigenvalue weighted by molar-refractivity contribution is 0.0861. The van der Waals surface area contributed by atoms with Crippen LogP contribution < -0.4 is 0 Å². The van der Waals surface area contributed by atoms with Crippen LogP contribution in [0.15, 0.2) is 70.7 Å². The molecule has 0 radical (unpaired) electrons. The normalized spacial score (nSPS) is 37.2. The van der Waals surface area contributed by atoms with Crippen LogP contribution in [0.2, 0.25) is 0 Å². The molecule has 196 valence electrons. The SMILES string of the molecule is C=C1/C(=C\C=C2/CCCC3(C)C2CCC3C(C)CC2(S(=O)(=O)c3ccccc3)CC2)CC(O)CC1O. The van der Waals surface area contributed by atoms with Crippen molar-refractivity contribution in [2.75, 3.05) is 0 Å². The van der Waals surface area contributed by atoms with E-state index in [2.05, 4.69) is 32.6 Å². The van der Waals surface area contributed by atoms with Crippen molar-refractivity contribution in [3.05, 3.63) is 65.8 Å². The Morgan fingerprint density at radius 1 is 1.11 bits per heavy atom. The van der Waals surface area contributed by atoms with Crippen molar-refractivity contribution in [1.29, 1.82) is 0 Å². The molecule has 1 aromatic carbocycles. The lowest BCUT2D eigenvalue weighted by atomic mass is 9.60. The molecule has 6 atom stereocenters. The van der Waals surface area contributed by atoms with Crippen molar-refractivity contribution < 1.29 is 18.6 Å². The molecule has 4 aliphatic carbocycles. The van der Waals surface area contributed by atoms with Gasteiger partial charge in [-0.15, -0.1) is 0 Å². The van der Waals surface area contributed by atoms with E-state index in [1.165, 1.54) is 12.0 Å². The monoisotopic (exact) mass is 510 g/mol. The maximum atomic E-state index is 13.5. The van der Waals surface area contributed by atoms with Crippen LogP contribution in [-0.4, -0.2) is 35.6 Å². The Morgan fingerprint density at radius 3 is 2.53 bits per heavy atom. The van der Waals surface area contributed by atoms with E-state index < -0.39 is 26.8 Å². The van der Waals surface area contributed by atoms with Crippen molar-refractivity contribution in [3.63, 3.8) is 0 Å². The van der Waals surface area contributed by atoms with Gasteiger partial charge < -0.3 is 10.2 Å². The average molecular weight is 511 g/mol. The van der Waals surface area contributed by atoms with Crippen molar-refractivity contribution in [2.24, 2.45) is 23.2 Å². The third-order valence-electron chi connectivity index (χ3n) is 10.1. The Hall–Kier alpha value is -1.69. The van der Waals surface area contributed by atoms with Crippen LogP contribution in [0.1, 0.15) is 78.1 Å². The van der Waals surface area contributed by atoms with Crippen LogP contribution in [0.25, 0.3) is 0 Å². The van der Waals surface area contributed by atoms with E-state index in [1.54, 1.807) is 12.1 Å². The molecular formula is C31H42O4S. The minimum Gasteiger partial charge on any atom is -0.393 e. The van der Waals surface area contributed by atoms with Crippen LogP contribution >= 0.6 is 0 Å². The first-order valence-electron chi connectivity index (χ1n) is 13.8. The Balaban J connectivity index is 1.33. The molecule has 5 heteroatoms. The van der Waals surface area contributed by atoms with Gasteiger partial charge in [-0.3, -0.25) is 0 Å². The summed E-state index contributed by atoms with van der Waals surface area (Å²) in [6.07, 6.45) is 12.2. The van der Waals surface area contributed by atoms with Gasteiger partial charge >= 0.3 is 0 Å². The summed E-state index contributed by atoms with van der Waals surface area (Å²) in [4.78, 5) is 0.473. The van der Waals surface area contributed by atoms with Crippen LogP contribution in [0.4, 0.5) is 0 Å². The van der Waals surface area contributed by atoms with Gasteiger partial charge in [-0.2, -0.15) is 0 Å². The zero-order valence-corrected chi connectivity index (χ0v) is 22.6. The number of hydrogen-bond donors (Lipinski definition) is 2. The molecule has 0 aromatic heterocycles. The zero-order valence-electron chi connectivity index (χ0n) is 21.8. The fraction of sp³-hybridized carbons (Fsp3) is 0.613. The summed E-state index contributed by atoms with van der Waals surface area (Å²) in [6, 6.07) is 9.02. The third kappa shape index (κ3) is 4.46. The highest BCUT2D eigenvalue weighted by atomic mass is 32.2. The average Bonchev–Trinajstić information content (AvgIpc) is 3.54. The first-order chi connectivity index (χ1) is 17.1. The van der Waals surface area contributed by atoms with E-state index >= 15 is 0 Å². The van der Waals surface area contributed by atoms with Gasteiger partial charge in [-0.1, -0.05) is 56.4 Å². The number of rotatable bonds is 6. The van der Waals surface area contributed by atoms with E-state index in [9.17, 15) is 18.6 Å². The number of benzene rings is 1. The minimum absolute atomic E-state index is 0.192. The molecule has 36 heavy (non-hydrogen) atoms. The summed E-state index contributed by atoms with van der Waals surface area (Å²) in [6.45, 7) is 8.81. The van der Waals surface area contributed by atoms with Crippen LogP contribution in [0.3, 0.4) is 0 Å². The van der Waals surface area contributed by atoms with Gasteiger partial charge in [-0.25, -0.2) is 8.42 Å². The number of aliphatic hydroxyl groups excluding tert-OH is 2. The van der Waals surface area contributed by atoms with Crippen LogP contribution in [0, 0.1) is 23.2 Å². The van der Waals surface area contributed by atoms with Crippen LogP contribution in [0.5, 0.6) is 0 Å². The molecule has 4 nitrogen and oxygen atoms in total. The van der Waals surface area contributed by atoms with Crippen molar-refractivity contribution in [1.82, 2.24) is 0 Å². The summed E-state index contributed by atoms with van der Waals surface area (Å²) in [5, 5.41) is 20.3. The van der Waals surface area contributed by atoms with Crippen molar-refractivity contribution in [2.45, 2.75) is 99.9 Å². The second kappa shape index (κ2) is 9.56. The fourth-order valence-electron chi connectivity index (χ4n) is 7.98. The second-order valence-corrected chi connectivity index (χ2v) is 14.7. The quantitative estimate of drug-likeness (QED) is 0.481. The van der Waals surface area contributed by atoms with Gasteiger partial charge in [0.2, 0.25) is 0 Å². The van der Waals surface area contributed by atoms with E-state index in [1.807, 2.05) is 18.2 Å². The Bertz CT molecular complexity index is 1160. The highest BCUT2D eigenvalue weighted by Crippen LogP contribution is 2.62. The summed E-state index contributed by atoms with van der Waals surface area (Å²) in [5.74, 6) is 1.40. The molecule has 0 saturated heterocycles. The van der Waals surface area contributed by atoms with E-state index in [-0.39, 0.29) is 5.41 Å². The molecular weight excluding hydrogens is 468 g/mol. The topological polar surface area (TPSA) is 74.6 Å². The maximum Gasteiger partial charge on any atom is 0.184 e. The molecule has 0 spiro atoms. The van der Waals surface area contributed by atoms with Gasteiger partial charge in [0.25, 0.3) is 0 Å². The van der Waals surface area contributed by atoms with Gasteiger partial charge in [0.1, 0.15) is 0 Å². The highest BCUT2D eigenvalue weighted by Gasteiger charge is 2.58. The van der Waals surface area contributed by atoms with Gasteiger partial charge in [0.15, 0.2) is 9.84 Å². The molecule has 5 rings (SSSR count). The van der Waals surface area contributed by atoms with E-state index in [4.69, 9.17) is 0 Å². The standard InChI is InChI=1S/C31H42O4S/c1-21(20-31(16-17-31)36(34,35)26-9-5-4-6-10-26)27-13-14-28-23(8-7-15-30(27,28)3)11-12-24-18-25(32)19-29(33)22(24)2/h4-6,9-12,21,25,27-29,32-33H,2,7-8,13-20H2,1,3H3/b23-11+,24-12-. The summed E-state index contributed by atoms with van der Waals surface area (Å²) < 4.78 is 26.5. The number of sulfone groups is 1. The highest BCUT2D eigenvalue weighted by molar-refractivity contribution is 7.93. The van der Waals surface area contributed by atoms with Crippen LogP contribution in [-0.2, 0) is 9.84 Å². The largest absolute Gasteiger partial charge is 0.393 e. The molecule has 6 unspecified atom stereocenters. The molecule has 0 heterocycles. The molecule has 4 saturated carbocycles. The number of aliphatic hydroxyl groups is 2. The van der Waals surface area contributed by atoms with Gasteiger partial charge in [-0.05, 0) is 104 Å². The Labute approximate surface area is 217 Å². The predicted octanol–water partition coefficient (Wildman–Crippen LogP) is 6.16. The lowest BCUT2D eigenvalue weighted by Gasteiger charge is -2.45. The Morgan fingerprint density at radius 2 is 1.83 bits per heavy atom. The molecule has 0 aliphatic heterocycles. The second-order valence-electron chi connectivity index (χ2n) is 12.3. The fourth-order valence-corrected chi connectivity index (χ4v) is 10.1. The van der Waals surface area contributed by atoms with Gasteiger partial charge in [0, 0.05) is 6.42 Å². The summed E-state index contributed by atoms with van der Waals surface area (Å²) in [5.41, 5.74) is 3.37. The first-order valence-corrected chi connectivity index (χ1v) is 15.3. The molecule has 0 bridgehead atoms. The number of allylic oxidation sites excluding steroid dienone is 3. The van der Waals surface area contributed by atoms with Crippen molar-refractivity contribution >= 4 is 9.84 Å². The minimum atomic E-state index is -3.32. The summed E-state index contributed by atoms with van der Waals surface area (Å²) >= 11 is 0. The number of fused-ring (bicyclic) bond motifs is 1. The zero-order chi connectivity index (χ0) is 25.7. The van der Waals surface area contributed by atoms with Gasteiger partial charge in [0.05, 0.1) is 21.9 Å². The van der Waals surface area contributed by atoms with E-state index in [0.29, 0.717) is 35.5 Å². The summed E-state index contributed by atoms with van der Waals surface area (Å²) in [7, 11) is -3.32. The lowest BCUT2D eigenvalue weighted by Crippen LogP contribution is -2.38.